The van der Waals surface area contributed by atoms with Crippen LogP contribution in [0.2, 0.25) is 0 Å². The molecule has 2 aromatic carbocycles. The number of amides is 1. The molecule has 1 saturated heterocycles. The van der Waals surface area contributed by atoms with Crippen LogP contribution in [-0.4, -0.2) is 41.6 Å². The van der Waals surface area contributed by atoms with Crippen molar-refractivity contribution in [3.8, 4) is 5.75 Å². The molecule has 0 bridgehead atoms. The lowest BCUT2D eigenvalue weighted by atomic mass is 10.1. The molecule has 0 saturated carbocycles. The summed E-state index contributed by atoms with van der Waals surface area (Å²) in [5.74, 6) is -0.707. The standard InChI is InChI=1S/C22H25NO4/c24-21-15-19(22(25)26)16-23(21)12-11-18-8-4-10-20(14-18)27-13-5-9-17-6-2-1-3-7-17/h1-4,6-8,10,14,19H,5,9,11-13,15-16H2,(H,25,26). The Bertz CT molecular complexity index is 775. The van der Waals surface area contributed by atoms with E-state index in [4.69, 9.17) is 9.84 Å². The number of nitrogens with zero attached hydrogens (tertiary/aromatic N) is 1. The molecule has 1 unspecified atom stereocenters. The van der Waals surface area contributed by atoms with Gasteiger partial charge in [0.15, 0.2) is 0 Å². The SMILES string of the molecule is O=C(O)C1CC(=O)N(CCc2cccc(OCCCc3ccccc3)c2)C1. The zero-order valence-electron chi connectivity index (χ0n) is 15.3. The molecular weight excluding hydrogens is 342 g/mol. The summed E-state index contributed by atoms with van der Waals surface area (Å²) in [6.45, 7) is 1.51. The van der Waals surface area contributed by atoms with Gasteiger partial charge in [-0.3, -0.25) is 9.59 Å². The Hall–Kier alpha value is -2.82. The van der Waals surface area contributed by atoms with Crippen molar-refractivity contribution in [3.05, 3.63) is 65.7 Å². The zero-order valence-corrected chi connectivity index (χ0v) is 15.3. The second kappa shape index (κ2) is 9.21. The van der Waals surface area contributed by atoms with Crippen molar-refractivity contribution in [1.82, 2.24) is 4.90 Å². The number of hydrogen-bond donors (Lipinski definition) is 1. The Labute approximate surface area is 159 Å². The molecule has 1 fully saturated rings. The first-order valence-corrected chi connectivity index (χ1v) is 9.38. The normalized spacial score (nSPS) is 16.5. The molecule has 1 amide bonds. The van der Waals surface area contributed by atoms with E-state index in [1.54, 1.807) is 4.90 Å². The van der Waals surface area contributed by atoms with Crippen molar-refractivity contribution < 1.29 is 19.4 Å². The van der Waals surface area contributed by atoms with Crippen molar-refractivity contribution in [1.29, 1.82) is 0 Å². The molecule has 5 nitrogen and oxygen atoms in total. The van der Waals surface area contributed by atoms with Crippen LogP contribution < -0.4 is 4.74 Å². The van der Waals surface area contributed by atoms with Crippen LogP contribution in [0.3, 0.4) is 0 Å². The van der Waals surface area contributed by atoms with Crippen LogP contribution in [0.15, 0.2) is 54.6 Å². The van der Waals surface area contributed by atoms with Gasteiger partial charge in [0.1, 0.15) is 5.75 Å². The summed E-state index contributed by atoms with van der Waals surface area (Å²) in [4.78, 5) is 24.6. The second-order valence-corrected chi connectivity index (χ2v) is 6.91. The molecule has 1 aliphatic rings. The molecule has 3 rings (SSSR count). The minimum Gasteiger partial charge on any atom is -0.494 e. The molecule has 0 spiro atoms. The predicted octanol–water partition coefficient (Wildman–Crippen LogP) is 3.17. The maximum Gasteiger partial charge on any atom is 0.308 e. The Balaban J connectivity index is 1.43. The van der Waals surface area contributed by atoms with Crippen molar-refractivity contribution in [3.63, 3.8) is 0 Å². The number of rotatable bonds is 9. The molecule has 1 heterocycles. The van der Waals surface area contributed by atoms with Gasteiger partial charge in [-0.2, -0.15) is 0 Å². The van der Waals surface area contributed by atoms with Gasteiger partial charge < -0.3 is 14.7 Å². The van der Waals surface area contributed by atoms with Crippen molar-refractivity contribution in [2.75, 3.05) is 19.7 Å². The number of carbonyl (C=O) groups is 2. The first kappa shape index (κ1) is 19.0. The summed E-state index contributed by atoms with van der Waals surface area (Å²) >= 11 is 0. The van der Waals surface area contributed by atoms with E-state index in [9.17, 15) is 9.59 Å². The fourth-order valence-corrected chi connectivity index (χ4v) is 3.32. The minimum atomic E-state index is -0.892. The molecule has 0 aromatic heterocycles. The molecular formula is C22H25NO4. The summed E-state index contributed by atoms with van der Waals surface area (Å²) in [5, 5.41) is 9.05. The zero-order chi connectivity index (χ0) is 19.1. The topological polar surface area (TPSA) is 66.8 Å². The van der Waals surface area contributed by atoms with E-state index in [0.717, 1.165) is 24.2 Å². The number of carboxylic acids is 1. The smallest absolute Gasteiger partial charge is 0.308 e. The van der Waals surface area contributed by atoms with Gasteiger partial charge >= 0.3 is 5.97 Å². The Kier molecular flexibility index (Phi) is 6.47. The Morgan fingerprint density at radius 2 is 1.85 bits per heavy atom. The van der Waals surface area contributed by atoms with Crippen LogP contribution in [0.5, 0.6) is 5.75 Å². The Morgan fingerprint density at radius 1 is 1.07 bits per heavy atom. The number of aliphatic carboxylic acids is 1. The van der Waals surface area contributed by atoms with Crippen molar-refractivity contribution in [2.24, 2.45) is 5.92 Å². The van der Waals surface area contributed by atoms with Crippen molar-refractivity contribution in [2.45, 2.75) is 25.7 Å². The highest BCUT2D eigenvalue weighted by atomic mass is 16.5. The molecule has 1 atom stereocenters. The van der Waals surface area contributed by atoms with Crippen LogP contribution in [0.25, 0.3) is 0 Å². The number of carboxylic acid groups (broad SMARTS) is 1. The third-order valence-electron chi connectivity index (χ3n) is 4.85. The average Bonchev–Trinajstić information content (AvgIpc) is 3.06. The van der Waals surface area contributed by atoms with E-state index >= 15 is 0 Å². The molecule has 0 aliphatic carbocycles. The molecule has 0 radical (unpaired) electrons. The highest BCUT2D eigenvalue weighted by Gasteiger charge is 2.33. The van der Waals surface area contributed by atoms with Crippen LogP contribution in [0.1, 0.15) is 24.0 Å². The predicted molar refractivity (Wildman–Crippen MR) is 103 cm³/mol. The summed E-state index contributed by atoms with van der Waals surface area (Å²) < 4.78 is 5.85. The summed E-state index contributed by atoms with van der Waals surface area (Å²) in [5.41, 5.74) is 2.40. The summed E-state index contributed by atoms with van der Waals surface area (Å²) in [7, 11) is 0. The van der Waals surface area contributed by atoms with E-state index in [-0.39, 0.29) is 12.3 Å². The lowest BCUT2D eigenvalue weighted by Crippen LogP contribution is -2.28. The molecule has 2 aromatic rings. The van der Waals surface area contributed by atoms with E-state index in [1.165, 1.54) is 5.56 Å². The summed E-state index contributed by atoms with van der Waals surface area (Å²) in [6, 6.07) is 18.2. The third kappa shape index (κ3) is 5.58. The maximum atomic E-state index is 11.9. The minimum absolute atomic E-state index is 0.0734. The molecule has 1 N–H and O–H groups in total. The average molecular weight is 367 g/mol. The number of ether oxygens (including phenoxy) is 1. The number of likely N-dealkylation sites (tertiary alicyclic amines) is 1. The molecule has 142 valence electrons. The van der Waals surface area contributed by atoms with Gasteiger partial charge in [0.2, 0.25) is 5.91 Å². The lowest BCUT2D eigenvalue weighted by Gasteiger charge is -2.16. The van der Waals surface area contributed by atoms with Gasteiger partial charge in [-0.1, -0.05) is 42.5 Å². The van der Waals surface area contributed by atoms with Gasteiger partial charge in [-0.25, -0.2) is 0 Å². The van der Waals surface area contributed by atoms with Gasteiger partial charge in [-0.05, 0) is 42.5 Å². The Morgan fingerprint density at radius 3 is 2.59 bits per heavy atom. The fraction of sp³-hybridized carbons (Fsp3) is 0.364. The largest absolute Gasteiger partial charge is 0.494 e. The quantitative estimate of drug-likeness (QED) is 0.691. The third-order valence-corrected chi connectivity index (χ3v) is 4.85. The number of hydrogen-bond acceptors (Lipinski definition) is 3. The van der Waals surface area contributed by atoms with E-state index in [1.807, 2.05) is 42.5 Å². The molecule has 27 heavy (non-hydrogen) atoms. The maximum absolute atomic E-state index is 11.9. The van der Waals surface area contributed by atoms with Crippen LogP contribution in [0.4, 0.5) is 0 Å². The van der Waals surface area contributed by atoms with E-state index in [0.29, 0.717) is 26.1 Å². The van der Waals surface area contributed by atoms with E-state index < -0.39 is 11.9 Å². The van der Waals surface area contributed by atoms with Gasteiger partial charge in [-0.15, -0.1) is 0 Å². The van der Waals surface area contributed by atoms with Gasteiger partial charge in [0, 0.05) is 19.5 Å². The van der Waals surface area contributed by atoms with Crippen molar-refractivity contribution >= 4 is 11.9 Å². The number of carbonyl (C=O) groups excluding carboxylic acids is 1. The van der Waals surface area contributed by atoms with Gasteiger partial charge in [0.25, 0.3) is 0 Å². The van der Waals surface area contributed by atoms with Crippen LogP contribution in [-0.2, 0) is 22.4 Å². The number of aryl methyl sites for hydroxylation is 1. The van der Waals surface area contributed by atoms with Crippen LogP contribution >= 0.6 is 0 Å². The highest BCUT2D eigenvalue weighted by molar-refractivity contribution is 5.86. The first-order valence-electron chi connectivity index (χ1n) is 9.38. The first-order chi connectivity index (χ1) is 13.1. The fourth-order valence-electron chi connectivity index (χ4n) is 3.32. The monoisotopic (exact) mass is 367 g/mol. The highest BCUT2D eigenvalue weighted by Crippen LogP contribution is 2.20. The lowest BCUT2D eigenvalue weighted by molar-refractivity contribution is -0.141. The van der Waals surface area contributed by atoms with Crippen LogP contribution in [0, 0.1) is 5.92 Å². The molecule has 5 heteroatoms. The second-order valence-electron chi connectivity index (χ2n) is 6.91. The number of benzene rings is 2. The molecule has 1 aliphatic heterocycles. The van der Waals surface area contributed by atoms with E-state index in [2.05, 4.69) is 12.1 Å². The summed E-state index contributed by atoms with van der Waals surface area (Å²) in [6.07, 6.45) is 2.74. The van der Waals surface area contributed by atoms with Gasteiger partial charge in [0.05, 0.1) is 12.5 Å².